The molecule has 0 aromatic rings. The van der Waals surface area contributed by atoms with Crippen molar-refractivity contribution in [1.29, 1.82) is 0 Å². The number of rotatable bonds is 8. The molecule has 0 saturated carbocycles. The zero-order valence-corrected chi connectivity index (χ0v) is 13.8. The van der Waals surface area contributed by atoms with Gasteiger partial charge in [0.2, 0.25) is 0 Å². The maximum Gasteiger partial charge on any atom is 0.279 e. The summed E-state index contributed by atoms with van der Waals surface area (Å²) < 4.78 is 28.8. The molecule has 2 N–H and O–H groups in total. The van der Waals surface area contributed by atoms with E-state index in [9.17, 15) is 13.5 Å². The molecule has 1 fully saturated rings. The summed E-state index contributed by atoms with van der Waals surface area (Å²) in [6, 6.07) is -0.627. The summed E-state index contributed by atoms with van der Waals surface area (Å²) in [5.74, 6) is 0. The fourth-order valence-corrected chi connectivity index (χ4v) is 3.83. The van der Waals surface area contributed by atoms with Crippen molar-refractivity contribution in [2.45, 2.75) is 31.4 Å². The third-order valence-corrected chi connectivity index (χ3v) is 5.63. The van der Waals surface area contributed by atoms with Gasteiger partial charge in [-0.05, 0) is 26.8 Å². The number of aliphatic hydroxyl groups is 1. The first-order valence-electron chi connectivity index (χ1n) is 7.15. The number of hydrogen-bond acceptors (Lipinski definition) is 4. The van der Waals surface area contributed by atoms with E-state index in [-0.39, 0.29) is 0 Å². The van der Waals surface area contributed by atoms with Crippen LogP contribution in [0.2, 0.25) is 0 Å². The molecule has 0 unspecified atom stereocenters. The van der Waals surface area contributed by atoms with Gasteiger partial charge in [0.15, 0.2) is 0 Å². The van der Waals surface area contributed by atoms with Crippen LogP contribution in [0.25, 0.3) is 0 Å². The van der Waals surface area contributed by atoms with Gasteiger partial charge in [-0.2, -0.15) is 17.4 Å². The molecule has 0 amide bonds. The first kappa shape index (κ1) is 18.3. The zero-order chi connectivity index (χ0) is 16.1. The van der Waals surface area contributed by atoms with Gasteiger partial charge in [0.25, 0.3) is 10.2 Å². The van der Waals surface area contributed by atoms with Crippen molar-refractivity contribution in [3.05, 3.63) is 25.3 Å². The Labute approximate surface area is 128 Å². The molecule has 7 heteroatoms. The molecule has 1 aliphatic rings. The Kier molecular flexibility index (Phi) is 6.55. The molecule has 1 atom stereocenters. The molecule has 6 nitrogen and oxygen atoms in total. The van der Waals surface area contributed by atoms with E-state index in [4.69, 9.17) is 0 Å². The second-order valence-corrected chi connectivity index (χ2v) is 7.34. The first-order chi connectivity index (χ1) is 9.75. The first-order valence-corrected chi connectivity index (χ1v) is 8.59. The Hall–Kier alpha value is -0.730. The Morgan fingerprint density at radius 1 is 1.24 bits per heavy atom. The molecule has 0 aromatic heterocycles. The smallest absolute Gasteiger partial charge is 0.279 e. The summed E-state index contributed by atoms with van der Waals surface area (Å²) in [5.41, 5.74) is -1.21. The van der Waals surface area contributed by atoms with Crippen molar-refractivity contribution in [2.75, 3.05) is 33.2 Å². The van der Waals surface area contributed by atoms with Crippen molar-refractivity contribution in [1.82, 2.24) is 13.9 Å². The summed E-state index contributed by atoms with van der Waals surface area (Å²) in [6.07, 6.45) is 3.77. The van der Waals surface area contributed by atoms with E-state index in [1.165, 1.54) is 4.31 Å². The molecular weight excluding hydrogens is 290 g/mol. The van der Waals surface area contributed by atoms with Gasteiger partial charge in [0.05, 0.1) is 5.60 Å². The molecule has 1 heterocycles. The molecule has 0 spiro atoms. The Balaban J connectivity index is 2.76. The lowest BCUT2D eigenvalue weighted by molar-refractivity contribution is 0.0193. The van der Waals surface area contributed by atoms with Crippen LogP contribution in [-0.4, -0.2) is 67.6 Å². The third-order valence-electron chi connectivity index (χ3n) is 3.93. The van der Waals surface area contributed by atoms with E-state index >= 15 is 0 Å². The van der Waals surface area contributed by atoms with Crippen LogP contribution < -0.4 is 4.72 Å². The molecule has 0 aliphatic carbocycles. The monoisotopic (exact) mass is 317 g/mol. The Bertz CT molecular complexity index is 446. The van der Waals surface area contributed by atoms with Gasteiger partial charge in [-0.1, -0.05) is 12.2 Å². The van der Waals surface area contributed by atoms with Gasteiger partial charge in [-0.15, -0.1) is 13.2 Å². The highest BCUT2D eigenvalue weighted by molar-refractivity contribution is 7.87. The van der Waals surface area contributed by atoms with Crippen LogP contribution in [0.1, 0.15) is 19.8 Å². The normalized spacial score (nSPS) is 20.1. The molecule has 1 saturated heterocycles. The highest BCUT2D eigenvalue weighted by Crippen LogP contribution is 2.22. The number of piperazine rings is 1. The van der Waals surface area contributed by atoms with Crippen molar-refractivity contribution >= 4 is 10.2 Å². The van der Waals surface area contributed by atoms with Crippen LogP contribution >= 0.6 is 0 Å². The van der Waals surface area contributed by atoms with E-state index in [1.54, 1.807) is 19.1 Å². The largest absolute Gasteiger partial charge is 0.388 e. The quantitative estimate of drug-likeness (QED) is 0.633. The van der Waals surface area contributed by atoms with Gasteiger partial charge < -0.3 is 10.0 Å². The van der Waals surface area contributed by atoms with E-state index in [1.807, 2.05) is 7.05 Å². The predicted molar refractivity (Wildman–Crippen MR) is 85.2 cm³/mol. The van der Waals surface area contributed by atoms with Crippen molar-refractivity contribution < 1.29 is 13.5 Å². The average molecular weight is 317 g/mol. The third kappa shape index (κ3) is 4.89. The second-order valence-electron chi connectivity index (χ2n) is 5.64. The van der Waals surface area contributed by atoms with Crippen LogP contribution in [0.3, 0.4) is 0 Å². The average Bonchev–Trinajstić information content (AvgIpc) is 2.39. The van der Waals surface area contributed by atoms with Gasteiger partial charge in [-0.25, -0.2) is 0 Å². The van der Waals surface area contributed by atoms with Crippen molar-refractivity contribution in [3.8, 4) is 0 Å². The molecule has 1 aliphatic heterocycles. The van der Waals surface area contributed by atoms with Crippen LogP contribution in [0, 0.1) is 0 Å². The number of nitrogens with zero attached hydrogens (tertiary/aromatic N) is 2. The van der Waals surface area contributed by atoms with E-state index in [0.29, 0.717) is 39.0 Å². The van der Waals surface area contributed by atoms with Gasteiger partial charge in [0, 0.05) is 32.2 Å². The molecule has 1 rings (SSSR count). The van der Waals surface area contributed by atoms with Crippen LogP contribution in [0.5, 0.6) is 0 Å². The topological polar surface area (TPSA) is 72.9 Å². The van der Waals surface area contributed by atoms with Gasteiger partial charge in [0.1, 0.15) is 0 Å². The number of hydrogen-bond donors (Lipinski definition) is 2. The van der Waals surface area contributed by atoms with Gasteiger partial charge in [-0.3, -0.25) is 0 Å². The highest BCUT2D eigenvalue weighted by atomic mass is 32.2. The van der Waals surface area contributed by atoms with E-state index < -0.39 is 21.9 Å². The fourth-order valence-electron chi connectivity index (χ4n) is 2.37. The maximum atomic E-state index is 12.4. The minimum Gasteiger partial charge on any atom is -0.388 e. The Morgan fingerprint density at radius 2 is 1.71 bits per heavy atom. The maximum absolute atomic E-state index is 12.4. The molecular formula is C14H27N3O3S. The molecule has 21 heavy (non-hydrogen) atoms. The lowest BCUT2D eigenvalue weighted by Gasteiger charge is -2.36. The summed E-state index contributed by atoms with van der Waals surface area (Å²) in [5, 5.41) is 10.6. The van der Waals surface area contributed by atoms with Crippen LogP contribution in [0.15, 0.2) is 25.3 Å². The molecule has 0 radical (unpaired) electrons. The van der Waals surface area contributed by atoms with E-state index in [0.717, 1.165) is 0 Å². The SMILES string of the molecule is C=CCC(O)(CC=C)[C@H](C)NS(=O)(=O)N1CCN(C)CC1. The van der Waals surface area contributed by atoms with Crippen LogP contribution in [-0.2, 0) is 10.2 Å². The summed E-state index contributed by atoms with van der Waals surface area (Å²) in [6.45, 7) is 11.2. The van der Waals surface area contributed by atoms with Crippen LogP contribution in [0.4, 0.5) is 0 Å². The molecule has 122 valence electrons. The molecule has 0 bridgehead atoms. The lowest BCUT2D eigenvalue weighted by atomic mass is 9.89. The lowest BCUT2D eigenvalue weighted by Crippen LogP contribution is -2.57. The Morgan fingerprint density at radius 3 is 2.14 bits per heavy atom. The fraction of sp³-hybridized carbons (Fsp3) is 0.714. The van der Waals surface area contributed by atoms with E-state index in [2.05, 4.69) is 22.8 Å². The zero-order valence-electron chi connectivity index (χ0n) is 13.0. The molecule has 0 aromatic carbocycles. The minimum absolute atomic E-state index is 0.297. The number of nitrogens with one attached hydrogen (secondary N) is 1. The summed E-state index contributed by atoms with van der Waals surface area (Å²) in [7, 11) is -1.63. The second kappa shape index (κ2) is 7.51. The van der Waals surface area contributed by atoms with Crippen molar-refractivity contribution in [2.24, 2.45) is 0 Å². The summed E-state index contributed by atoms with van der Waals surface area (Å²) >= 11 is 0. The summed E-state index contributed by atoms with van der Waals surface area (Å²) in [4.78, 5) is 2.08. The highest BCUT2D eigenvalue weighted by Gasteiger charge is 2.36. The van der Waals surface area contributed by atoms with Crippen molar-refractivity contribution in [3.63, 3.8) is 0 Å². The standard InChI is InChI=1S/C14H27N3O3S/c1-5-7-14(18,8-6-2)13(3)15-21(19,20)17-11-9-16(4)10-12-17/h5-6,13,15,18H,1-2,7-12H2,3-4H3/t13-/m0/s1. The predicted octanol–water partition coefficient (Wildman–Crippen LogP) is 0.340. The van der Waals surface area contributed by atoms with Gasteiger partial charge >= 0.3 is 0 Å². The number of likely N-dealkylation sites (N-methyl/N-ethyl adjacent to an activating group) is 1. The minimum atomic E-state index is -3.60.